The van der Waals surface area contributed by atoms with Crippen LogP contribution in [0.1, 0.15) is 35.6 Å². The molecule has 0 radical (unpaired) electrons. The number of carbonyl (C=O) groups is 1. The van der Waals surface area contributed by atoms with Gasteiger partial charge in [-0.05, 0) is 30.9 Å². The summed E-state index contributed by atoms with van der Waals surface area (Å²) in [5.74, 6) is -0.392. The van der Waals surface area contributed by atoms with Gasteiger partial charge in [0, 0.05) is 5.69 Å². The highest BCUT2D eigenvalue weighted by Crippen LogP contribution is 2.15. The topological polar surface area (TPSA) is 53.1 Å². The van der Waals surface area contributed by atoms with Gasteiger partial charge in [-0.3, -0.25) is 0 Å². The van der Waals surface area contributed by atoms with Gasteiger partial charge >= 0.3 is 5.97 Å². The van der Waals surface area contributed by atoms with E-state index in [2.05, 4.69) is 18.8 Å². The lowest BCUT2D eigenvalue weighted by Crippen LogP contribution is -2.03. The molecule has 0 fully saturated rings. The zero-order chi connectivity index (χ0) is 10.0. The highest BCUT2D eigenvalue weighted by Gasteiger charge is 2.13. The molecule has 1 heterocycles. The molecule has 13 heavy (non-hydrogen) atoms. The Hall–Kier alpha value is -1.25. The second-order valence-corrected chi connectivity index (χ2v) is 3.76. The maximum absolute atomic E-state index is 10.8. The number of H-pyrrole nitrogens is 1. The molecule has 1 aromatic rings. The Morgan fingerprint density at radius 3 is 2.69 bits per heavy atom. The summed E-state index contributed by atoms with van der Waals surface area (Å²) in [6.45, 7) is 6.03. The van der Waals surface area contributed by atoms with Crippen molar-refractivity contribution in [3.63, 3.8) is 0 Å². The van der Waals surface area contributed by atoms with E-state index in [-0.39, 0.29) is 0 Å². The van der Waals surface area contributed by atoms with Crippen LogP contribution in [0, 0.1) is 12.8 Å². The molecule has 0 unspecified atom stereocenters. The fourth-order valence-corrected chi connectivity index (χ4v) is 1.44. The molecular formula is C10H15NO2. The maximum Gasteiger partial charge on any atom is 0.352 e. The highest BCUT2D eigenvalue weighted by atomic mass is 16.4. The lowest BCUT2D eigenvalue weighted by molar-refractivity contribution is 0.0689. The predicted octanol–water partition coefficient (Wildman–Crippen LogP) is 2.22. The van der Waals surface area contributed by atoms with Crippen molar-refractivity contribution in [1.82, 2.24) is 4.98 Å². The van der Waals surface area contributed by atoms with Crippen LogP contribution in [0.3, 0.4) is 0 Å². The largest absolute Gasteiger partial charge is 0.477 e. The van der Waals surface area contributed by atoms with Gasteiger partial charge in [-0.1, -0.05) is 13.8 Å². The van der Waals surface area contributed by atoms with Crippen LogP contribution >= 0.6 is 0 Å². The summed E-state index contributed by atoms with van der Waals surface area (Å²) in [7, 11) is 0. The molecule has 0 aliphatic rings. The standard InChI is InChI=1S/C10H15NO2/c1-6(2)4-8-5-7(3)11-9(8)10(12)13/h5-6,11H,4H2,1-3H3,(H,12,13). The zero-order valence-electron chi connectivity index (χ0n) is 8.22. The third-order valence-electron chi connectivity index (χ3n) is 1.88. The molecule has 1 aromatic heterocycles. The lowest BCUT2D eigenvalue weighted by Gasteiger charge is -2.02. The maximum atomic E-state index is 10.8. The van der Waals surface area contributed by atoms with Gasteiger partial charge in [-0.25, -0.2) is 4.79 Å². The number of carboxylic acid groups (broad SMARTS) is 1. The molecule has 0 aliphatic carbocycles. The van der Waals surface area contributed by atoms with Crippen molar-refractivity contribution in [2.24, 2.45) is 5.92 Å². The minimum absolute atomic E-state index is 0.339. The van der Waals surface area contributed by atoms with Crippen molar-refractivity contribution in [2.75, 3.05) is 0 Å². The van der Waals surface area contributed by atoms with Gasteiger partial charge in [-0.15, -0.1) is 0 Å². The SMILES string of the molecule is Cc1cc(CC(C)C)c(C(=O)O)[nH]1. The normalized spacial score (nSPS) is 10.8. The molecule has 3 nitrogen and oxygen atoms in total. The summed E-state index contributed by atoms with van der Waals surface area (Å²) in [6.07, 6.45) is 0.811. The molecule has 0 bridgehead atoms. The zero-order valence-corrected chi connectivity index (χ0v) is 8.22. The summed E-state index contributed by atoms with van der Waals surface area (Å²) in [5, 5.41) is 8.86. The average molecular weight is 181 g/mol. The molecule has 0 aliphatic heterocycles. The number of aromatic carboxylic acids is 1. The second-order valence-electron chi connectivity index (χ2n) is 3.76. The number of aryl methyl sites for hydroxylation is 1. The van der Waals surface area contributed by atoms with Crippen LogP contribution in [-0.2, 0) is 6.42 Å². The predicted molar refractivity (Wildman–Crippen MR) is 51.0 cm³/mol. The van der Waals surface area contributed by atoms with Crippen molar-refractivity contribution in [1.29, 1.82) is 0 Å². The van der Waals surface area contributed by atoms with E-state index in [1.165, 1.54) is 0 Å². The number of carboxylic acids is 1. The van der Waals surface area contributed by atoms with Crippen molar-refractivity contribution < 1.29 is 9.90 Å². The fourth-order valence-electron chi connectivity index (χ4n) is 1.44. The average Bonchev–Trinajstić information content (AvgIpc) is 2.29. The Morgan fingerprint density at radius 2 is 2.23 bits per heavy atom. The molecule has 1 rings (SSSR count). The van der Waals surface area contributed by atoms with E-state index in [1.807, 2.05) is 13.0 Å². The van der Waals surface area contributed by atoms with Gasteiger partial charge in [0.05, 0.1) is 0 Å². The van der Waals surface area contributed by atoms with Gasteiger partial charge < -0.3 is 10.1 Å². The molecule has 2 N–H and O–H groups in total. The number of hydrogen-bond donors (Lipinski definition) is 2. The third-order valence-corrected chi connectivity index (χ3v) is 1.88. The summed E-state index contributed by atoms with van der Waals surface area (Å²) in [6, 6.07) is 1.91. The van der Waals surface area contributed by atoms with E-state index in [4.69, 9.17) is 5.11 Å². The first kappa shape index (κ1) is 9.84. The first-order valence-corrected chi connectivity index (χ1v) is 4.42. The van der Waals surface area contributed by atoms with Crippen LogP contribution in [0.15, 0.2) is 6.07 Å². The first-order chi connectivity index (χ1) is 6.00. The van der Waals surface area contributed by atoms with Crippen LogP contribution in [0.4, 0.5) is 0 Å². The Labute approximate surface area is 77.8 Å². The minimum Gasteiger partial charge on any atom is -0.477 e. The van der Waals surface area contributed by atoms with Gasteiger partial charge in [0.25, 0.3) is 0 Å². The van der Waals surface area contributed by atoms with Crippen molar-refractivity contribution in [3.05, 3.63) is 23.0 Å². The fraction of sp³-hybridized carbons (Fsp3) is 0.500. The lowest BCUT2D eigenvalue weighted by atomic mass is 10.0. The number of aromatic nitrogens is 1. The third kappa shape index (κ3) is 2.34. The van der Waals surface area contributed by atoms with Crippen molar-refractivity contribution in [3.8, 4) is 0 Å². The molecule has 0 aromatic carbocycles. The van der Waals surface area contributed by atoms with Gasteiger partial charge in [-0.2, -0.15) is 0 Å². The van der Waals surface area contributed by atoms with E-state index < -0.39 is 5.97 Å². The van der Waals surface area contributed by atoms with E-state index in [1.54, 1.807) is 0 Å². The highest BCUT2D eigenvalue weighted by molar-refractivity contribution is 5.87. The summed E-state index contributed by atoms with van der Waals surface area (Å²) >= 11 is 0. The van der Waals surface area contributed by atoms with Crippen LogP contribution in [0.5, 0.6) is 0 Å². The number of nitrogens with one attached hydrogen (secondary N) is 1. The monoisotopic (exact) mass is 181 g/mol. The number of rotatable bonds is 3. The van der Waals surface area contributed by atoms with E-state index in [0.29, 0.717) is 11.6 Å². The molecule has 0 amide bonds. The van der Waals surface area contributed by atoms with Crippen molar-refractivity contribution >= 4 is 5.97 Å². The summed E-state index contributed by atoms with van der Waals surface area (Å²) in [5.41, 5.74) is 2.15. The first-order valence-electron chi connectivity index (χ1n) is 4.42. The van der Waals surface area contributed by atoms with Crippen LogP contribution in [-0.4, -0.2) is 16.1 Å². The Balaban J connectivity index is 2.97. The molecule has 3 heteroatoms. The van der Waals surface area contributed by atoms with Crippen LogP contribution in [0.25, 0.3) is 0 Å². The molecule has 0 saturated heterocycles. The van der Waals surface area contributed by atoms with E-state index in [9.17, 15) is 4.79 Å². The Bertz CT molecular complexity index is 313. The molecular weight excluding hydrogens is 166 g/mol. The number of hydrogen-bond acceptors (Lipinski definition) is 1. The molecule has 72 valence electrons. The molecule has 0 saturated carbocycles. The van der Waals surface area contributed by atoms with E-state index in [0.717, 1.165) is 17.7 Å². The van der Waals surface area contributed by atoms with Crippen molar-refractivity contribution in [2.45, 2.75) is 27.2 Å². The van der Waals surface area contributed by atoms with Crippen LogP contribution < -0.4 is 0 Å². The van der Waals surface area contributed by atoms with Gasteiger partial charge in [0.2, 0.25) is 0 Å². The minimum atomic E-state index is -0.872. The summed E-state index contributed by atoms with van der Waals surface area (Å²) in [4.78, 5) is 13.6. The number of aromatic amines is 1. The van der Waals surface area contributed by atoms with Gasteiger partial charge in [0.1, 0.15) is 5.69 Å². The quantitative estimate of drug-likeness (QED) is 0.751. The van der Waals surface area contributed by atoms with E-state index >= 15 is 0 Å². The summed E-state index contributed by atoms with van der Waals surface area (Å²) < 4.78 is 0. The smallest absolute Gasteiger partial charge is 0.352 e. The Kier molecular flexibility index (Phi) is 2.76. The van der Waals surface area contributed by atoms with Gasteiger partial charge in [0.15, 0.2) is 0 Å². The Morgan fingerprint density at radius 1 is 1.62 bits per heavy atom. The molecule has 0 atom stereocenters. The molecule has 0 spiro atoms. The van der Waals surface area contributed by atoms with Crippen LogP contribution in [0.2, 0.25) is 0 Å². The second kappa shape index (κ2) is 3.64.